The Kier molecular flexibility index (Phi) is 5.39. The van der Waals surface area contributed by atoms with Crippen molar-refractivity contribution in [2.24, 2.45) is 7.05 Å². The molecule has 0 fully saturated rings. The monoisotopic (exact) mass is 287 g/mol. The Labute approximate surface area is 127 Å². The smallest absolute Gasteiger partial charge is 0.119 e. The van der Waals surface area contributed by atoms with Crippen LogP contribution in [0.15, 0.2) is 30.3 Å². The van der Waals surface area contributed by atoms with Crippen LogP contribution in [-0.2, 0) is 7.05 Å². The zero-order chi connectivity index (χ0) is 15.2. The van der Waals surface area contributed by atoms with Crippen LogP contribution in [0.4, 0.5) is 0 Å². The minimum Gasteiger partial charge on any atom is -0.494 e. The molecule has 0 aliphatic rings. The average Bonchev–Trinajstić information content (AvgIpc) is 2.73. The summed E-state index contributed by atoms with van der Waals surface area (Å²) in [6.07, 6.45) is 0.984. The van der Waals surface area contributed by atoms with Gasteiger partial charge in [-0.25, -0.2) is 0 Å². The highest BCUT2D eigenvalue weighted by molar-refractivity contribution is 5.27. The van der Waals surface area contributed by atoms with Crippen LogP contribution in [0.3, 0.4) is 0 Å². The molecule has 2 aromatic rings. The van der Waals surface area contributed by atoms with Crippen molar-refractivity contribution in [3.63, 3.8) is 0 Å². The van der Waals surface area contributed by atoms with Gasteiger partial charge >= 0.3 is 0 Å². The number of nitrogens with one attached hydrogen (secondary N) is 1. The quantitative estimate of drug-likeness (QED) is 0.795. The molecule has 4 heteroatoms. The summed E-state index contributed by atoms with van der Waals surface area (Å²) < 4.78 is 7.63. The van der Waals surface area contributed by atoms with Gasteiger partial charge in [0.05, 0.1) is 12.3 Å². The Hall–Kier alpha value is -1.81. The number of nitrogens with zero attached hydrogens (tertiary/aromatic N) is 2. The molecule has 0 spiro atoms. The van der Waals surface area contributed by atoms with Gasteiger partial charge in [-0.05, 0) is 45.9 Å². The molecule has 0 aliphatic heterocycles. The minimum atomic E-state index is 0.315. The number of aryl methyl sites for hydroxylation is 2. The highest BCUT2D eigenvalue weighted by Crippen LogP contribution is 2.20. The van der Waals surface area contributed by atoms with E-state index in [2.05, 4.69) is 31.2 Å². The first-order valence-electron chi connectivity index (χ1n) is 7.51. The molecule has 1 N–H and O–H groups in total. The molecule has 0 saturated carbocycles. The normalized spacial score (nSPS) is 12.4. The molecule has 2 rings (SSSR count). The van der Waals surface area contributed by atoms with Crippen molar-refractivity contribution < 1.29 is 4.74 Å². The lowest BCUT2D eigenvalue weighted by molar-refractivity contribution is 0.305. The molecule has 0 bridgehead atoms. The standard InChI is InChI=1S/C17H25N3O/c1-13(17-14(2)19-20(4)15(17)3)18-11-8-12-21-16-9-6-5-7-10-16/h5-7,9-10,13,18H,8,11-12H2,1-4H3. The van der Waals surface area contributed by atoms with Gasteiger partial charge in [-0.2, -0.15) is 5.10 Å². The van der Waals surface area contributed by atoms with Crippen LogP contribution in [0.1, 0.15) is 36.3 Å². The molecule has 0 amide bonds. The first-order valence-corrected chi connectivity index (χ1v) is 7.51. The summed E-state index contributed by atoms with van der Waals surface area (Å²) >= 11 is 0. The zero-order valence-corrected chi connectivity index (χ0v) is 13.4. The summed E-state index contributed by atoms with van der Waals surface area (Å²) in [6.45, 7) is 8.04. The van der Waals surface area contributed by atoms with Crippen LogP contribution >= 0.6 is 0 Å². The molecule has 4 nitrogen and oxygen atoms in total. The zero-order valence-electron chi connectivity index (χ0n) is 13.4. The Balaban J connectivity index is 1.73. The van der Waals surface area contributed by atoms with Gasteiger partial charge in [0.15, 0.2) is 0 Å². The third-order valence-corrected chi connectivity index (χ3v) is 3.78. The van der Waals surface area contributed by atoms with Gasteiger partial charge in [0, 0.05) is 24.3 Å². The lowest BCUT2D eigenvalue weighted by Gasteiger charge is -2.15. The molecule has 0 saturated heterocycles. The summed E-state index contributed by atoms with van der Waals surface area (Å²) in [6, 6.07) is 10.3. The predicted molar refractivity (Wildman–Crippen MR) is 85.7 cm³/mol. The average molecular weight is 287 g/mol. The lowest BCUT2D eigenvalue weighted by atomic mass is 10.1. The van der Waals surface area contributed by atoms with Gasteiger partial charge in [0.1, 0.15) is 5.75 Å². The van der Waals surface area contributed by atoms with Crippen molar-refractivity contribution in [1.29, 1.82) is 0 Å². The van der Waals surface area contributed by atoms with Crippen LogP contribution in [0.2, 0.25) is 0 Å². The van der Waals surface area contributed by atoms with Crippen LogP contribution in [0.25, 0.3) is 0 Å². The molecular weight excluding hydrogens is 262 g/mol. The Morgan fingerprint density at radius 2 is 1.95 bits per heavy atom. The first kappa shape index (κ1) is 15.6. The Morgan fingerprint density at radius 3 is 2.57 bits per heavy atom. The van der Waals surface area contributed by atoms with Crippen molar-refractivity contribution in [2.75, 3.05) is 13.2 Å². The summed E-state index contributed by atoms with van der Waals surface area (Å²) in [5.41, 5.74) is 3.64. The van der Waals surface area contributed by atoms with E-state index in [-0.39, 0.29) is 0 Å². The third kappa shape index (κ3) is 4.08. The van der Waals surface area contributed by atoms with E-state index < -0.39 is 0 Å². The number of rotatable bonds is 7. The summed E-state index contributed by atoms with van der Waals surface area (Å²) in [5.74, 6) is 0.935. The summed E-state index contributed by atoms with van der Waals surface area (Å²) in [7, 11) is 1.99. The molecule has 1 aromatic carbocycles. The van der Waals surface area contributed by atoms with Crippen molar-refractivity contribution in [1.82, 2.24) is 15.1 Å². The Morgan fingerprint density at radius 1 is 1.24 bits per heavy atom. The molecule has 0 radical (unpaired) electrons. The van der Waals surface area contributed by atoms with E-state index in [0.717, 1.165) is 31.0 Å². The topological polar surface area (TPSA) is 39.1 Å². The van der Waals surface area contributed by atoms with Crippen LogP contribution in [-0.4, -0.2) is 22.9 Å². The second-order valence-corrected chi connectivity index (χ2v) is 5.40. The maximum absolute atomic E-state index is 5.69. The molecule has 1 aromatic heterocycles. The summed E-state index contributed by atoms with van der Waals surface area (Å²) in [5, 5.41) is 8.01. The van der Waals surface area contributed by atoms with E-state index >= 15 is 0 Å². The largest absolute Gasteiger partial charge is 0.494 e. The van der Waals surface area contributed by atoms with E-state index in [4.69, 9.17) is 4.74 Å². The maximum atomic E-state index is 5.69. The fraction of sp³-hybridized carbons (Fsp3) is 0.471. The second-order valence-electron chi connectivity index (χ2n) is 5.40. The highest BCUT2D eigenvalue weighted by atomic mass is 16.5. The van der Waals surface area contributed by atoms with E-state index in [1.54, 1.807) is 0 Å². The number of hydrogen-bond acceptors (Lipinski definition) is 3. The van der Waals surface area contributed by atoms with Gasteiger partial charge in [-0.3, -0.25) is 4.68 Å². The van der Waals surface area contributed by atoms with Crippen LogP contribution in [0.5, 0.6) is 5.75 Å². The van der Waals surface area contributed by atoms with E-state index in [0.29, 0.717) is 6.04 Å². The molecule has 1 atom stereocenters. The molecule has 21 heavy (non-hydrogen) atoms. The van der Waals surface area contributed by atoms with Crippen LogP contribution in [0, 0.1) is 13.8 Å². The van der Waals surface area contributed by atoms with Gasteiger partial charge in [-0.1, -0.05) is 18.2 Å². The first-order chi connectivity index (χ1) is 10.1. The number of hydrogen-bond donors (Lipinski definition) is 1. The van der Waals surface area contributed by atoms with E-state index in [9.17, 15) is 0 Å². The fourth-order valence-corrected chi connectivity index (χ4v) is 2.62. The number of para-hydroxylation sites is 1. The molecule has 0 aliphatic carbocycles. The van der Waals surface area contributed by atoms with Crippen LogP contribution < -0.4 is 10.1 Å². The Bertz CT molecular complexity index is 563. The van der Waals surface area contributed by atoms with Crippen molar-refractivity contribution in [2.45, 2.75) is 33.2 Å². The van der Waals surface area contributed by atoms with Crippen molar-refractivity contribution in [3.8, 4) is 5.75 Å². The number of aromatic nitrogens is 2. The highest BCUT2D eigenvalue weighted by Gasteiger charge is 2.15. The maximum Gasteiger partial charge on any atom is 0.119 e. The molecule has 114 valence electrons. The van der Waals surface area contributed by atoms with Crippen molar-refractivity contribution in [3.05, 3.63) is 47.3 Å². The number of benzene rings is 1. The second kappa shape index (κ2) is 7.27. The van der Waals surface area contributed by atoms with Gasteiger partial charge in [-0.15, -0.1) is 0 Å². The minimum absolute atomic E-state index is 0.315. The van der Waals surface area contributed by atoms with Gasteiger partial charge in [0.2, 0.25) is 0 Å². The van der Waals surface area contributed by atoms with Crippen molar-refractivity contribution >= 4 is 0 Å². The van der Waals surface area contributed by atoms with E-state index in [1.165, 1.54) is 11.3 Å². The predicted octanol–water partition coefficient (Wildman–Crippen LogP) is 3.16. The fourth-order valence-electron chi connectivity index (χ4n) is 2.62. The lowest BCUT2D eigenvalue weighted by Crippen LogP contribution is -2.22. The molecule has 1 unspecified atom stereocenters. The number of ether oxygens (including phenoxy) is 1. The SMILES string of the molecule is Cc1nn(C)c(C)c1C(C)NCCCOc1ccccc1. The van der Waals surface area contributed by atoms with Gasteiger partial charge < -0.3 is 10.1 Å². The third-order valence-electron chi connectivity index (χ3n) is 3.78. The molecular formula is C17H25N3O. The molecule has 1 heterocycles. The summed E-state index contributed by atoms with van der Waals surface area (Å²) in [4.78, 5) is 0. The van der Waals surface area contributed by atoms with Gasteiger partial charge in [0.25, 0.3) is 0 Å². The van der Waals surface area contributed by atoms with E-state index in [1.807, 2.05) is 42.1 Å².